The molecule has 0 atom stereocenters. The van der Waals surface area contributed by atoms with Gasteiger partial charge in [-0.2, -0.15) is 0 Å². The van der Waals surface area contributed by atoms with Gasteiger partial charge in [0.2, 0.25) is 0 Å². The summed E-state index contributed by atoms with van der Waals surface area (Å²) in [5, 5.41) is 6.65. The fourth-order valence-corrected chi connectivity index (χ4v) is 4.29. The third-order valence-corrected chi connectivity index (χ3v) is 5.93. The molecule has 0 bridgehead atoms. The van der Waals surface area contributed by atoms with Crippen LogP contribution in [0.1, 0.15) is 5.56 Å². The number of carbonyl (C=O) groups excluding carboxylic acids is 2. The maximum atomic E-state index is 12.2. The molecule has 2 amide bonds. The molecule has 1 aromatic heterocycles. The van der Waals surface area contributed by atoms with E-state index in [9.17, 15) is 9.59 Å². The first-order chi connectivity index (χ1) is 14.0. The van der Waals surface area contributed by atoms with Crippen molar-refractivity contribution in [2.24, 2.45) is 0 Å². The summed E-state index contributed by atoms with van der Waals surface area (Å²) in [5.74, 6) is -0.117. The van der Waals surface area contributed by atoms with Gasteiger partial charge in [-0.05, 0) is 48.6 Å². The third kappa shape index (κ3) is 4.37. The van der Waals surface area contributed by atoms with Crippen LogP contribution >= 0.6 is 35.6 Å². The van der Waals surface area contributed by atoms with Gasteiger partial charge in [-0.15, -0.1) is 11.8 Å². The molecule has 1 saturated heterocycles. The van der Waals surface area contributed by atoms with Gasteiger partial charge in [0.25, 0.3) is 11.8 Å². The van der Waals surface area contributed by atoms with Crippen molar-refractivity contribution in [3.05, 3.63) is 70.9 Å². The number of carbonyl (C=O) groups is 2. The Morgan fingerprint density at radius 1 is 1.03 bits per heavy atom. The number of hydrogen-bond acceptors (Lipinski definition) is 4. The molecule has 1 fully saturated rings. The van der Waals surface area contributed by atoms with E-state index in [4.69, 9.17) is 23.8 Å². The number of amides is 2. The smallest absolute Gasteiger partial charge is 0.263 e. The quantitative estimate of drug-likeness (QED) is 0.272. The summed E-state index contributed by atoms with van der Waals surface area (Å²) < 4.78 is 2.13. The first-order valence-corrected chi connectivity index (χ1v) is 10.6. The van der Waals surface area contributed by atoms with E-state index in [1.807, 2.05) is 54.7 Å². The Balaban J connectivity index is 1.59. The molecule has 0 spiro atoms. The number of hydrogen-bond donors (Lipinski definition) is 2. The van der Waals surface area contributed by atoms with Crippen molar-refractivity contribution >= 4 is 69.5 Å². The fourth-order valence-electron chi connectivity index (χ4n) is 3.13. The van der Waals surface area contributed by atoms with E-state index in [-0.39, 0.29) is 10.7 Å². The molecule has 2 aromatic carbocycles. The minimum atomic E-state index is -0.492. The highest BCUT2D eigenvalue weighted by Gasteiger charge is 2.26. The Morgan fingerprint density at radius 3 is 2.45 bits per heavy atom. The molecule has 0 saturated carbocycles. The van der Waals surface area contributed by atoms with Gasteiger partial charge < -0.3 is 4.57 Å². The van der Waals surface area contributed by atoms with Crippen LogP contribution in [-0.4, -0.2) is 27.2 Å². The topological polar surface area (TPSA) is 63.1 Å². The lowest BCUT2D eigenvalue weighted by atomic mass is 10.1. The largest absolute Gasteiger partial charge is 0.346 e. The Kier molecular flexibility index (Phi) is 5.71. The standard InChI is InChI=1S/C21H16ClN3O2S2/c22-14-5-7-15(8-6-14)29-10-9-25-12-13(16-3-1-2-4-18(16)25)11-17-19(26)23-21(28)24-20(17)27/h1-8,11-12H,9-10H2,(H2,23,24,26,27,28). The lowest BCUT2D eigenvalue weighted by molar-refractivity contribution is -0.123. The molecule has 4 rings (SSSR count). The monoisotopic (exact) mass is 441 g/mol. The van der Waals surface area contributed by atoms with E-state index >= 15 is 0 Å². The highest BCUT2D eigenvalue weighted by Crippen LogP contribution is 2.26. The van der Waals surface area contributed by atoms with Crippen LogP contribution in [0.25, 0.3) is 17.0 Å². The summed E-state index contributed by atoms with van der Waals surface area (Å²) in [6.07, 6.45) is 3.57. The number of fused-ring (bicyclic) bond motifs is 1. The van der Waals surface area contributed by atoms with Gasteiger partial charge in [0, 0.05) is 44.9 Å². The molecule has 3 aromatic rings. The fraction of sp³-hybridized carbons (Fsp3) is 0.0952. The maximum Gasteiger partial charge on any atom is 0.263 e. The van der Waals surface area contributed by atoms with Crippen LogP contribution in [0.2, 0.25) is 5.02 Å². The Labute approximate surface area is 182 Å². The number of rotatable bonds is 5. The number of para-hydroxylation sites is 1. The summed E-state index contributed by atoms with van der Waals surface area (Å²) in [4.78, 5) is 25.5. The molecule has 1 aliphatic heterocycles. The minimum absolute atomic E-state index is 0.0267. The second-order valence-corrected chi connectivity index (χ2v) is 8.41. The average Bonchev–Trinajstić information content (AvgIpc) is 3.04. The molecule has 5 nitrogen and oxygen atoms in total. The molecule has 2 N–H and O–H groups in total. The van der Waals surface area contributed by atoms with E-state index in [2.05, 4.69) is 15.2 Å². The van der Waals surface area contributed by atoms with Crippen molar-refractivity contribution < 1.29 is 9.59 Å². The van der Waals surface area contributed by atoms with Crippen LogP contribution in [-0.2, 0) is 16.1 Å². The summed E-state index contributed by atoms with van der Waals surface area (Å²) in [6, 6.07) is 15.7. The normalized spacial score (nSPS) is 14.1. The van der Waals surface area contributed by atoms with E-state index in [0.717, 1.165) is 38.7 Å². The number of thioether (sulfide) groups is 1. The van der Waals surface area contributed by atoms with Crippen molar-refractivity contribution in [3.8, 4) is 0 Å². The van der Waals surface area contributed by atoms with Crippen molar-refractivity contribution in [1.29, 1.82) is 0 Å². The average molecular weight is 442 g/mol. The van der Waals surface area contributed by atoms with Crippen LogP contribution in [0.4, 0.5) is 0 Å². The van der Waals surface area contributed by atoms with Crippen LogP contribution < -0.4 is 10.6 Å². The second-order valence-electron chi connectivity index (χ2n) is 6.39. The highest BCUT2D eigenvalue weighted by molar-refractivity contribution is 7.99. The van der Waals surface area contributed by atoms with E-state index in [1.165, 1.54) is 0 Å². The van der Waals surface area contributed by atoms with Gasteiger partial charge in [-0.1, -0.05) is 29.8 Å². The maximum absolute atomic E-state index is 12.2. The van der Waals surface area contributed by atoms with Crippen LogP contribution in [0.15, 0.2) is 65.2 Å². The molecule has 146 valence electrons. The highest BCUT2D eigenvalue weighted by atomic mass is 35.5. The number of aromatic nitrogens is 1. The molecule has 2 heterocycles. The van der Waals surface area contributed by atoms with Crippen LogP contribution in [0.5, 0.6) is 0 Å². The van der Waals surface area contributed by atoms with Crippen LogP contribution in [0.3, 0.4) is 0 Å². The van der Waals surface area contributed by atoms with Crippen molar-refractivity contribution in [1.82, 2.24) is 15.2 Å². The lowest BCUT2D eigenvalue weighted by Gasteiger charge is -2.16. The van der Waals surface area contributed by atoms with E-state index in [0.29, 0.717) is 0 Å². The number of nitrogens with zero attached hydrogens (tertiary/aromatic N) is 1. The van der Waals surface area contributed by atoms with Crippen molar-refractivity contribution in [2.75, 3.05) is 5.75 Å². The number of thiocarbonyl (C=S) groups is 1. The number of aryl methyl sites for hydroxylation is 1. The second kappa shape index (κ2) is 8.41. The molecule has 1 aliphatic rings. The number of nitrogens with one attached hydrogen (secondary N) is 2. The predicted molar refractivity (Wildman–Crippen MR) is 121 cm³/mol. The van der Waals surface area contributed by atoms with Gasteiger partial charge in [-0.25, -0.2) is 0 Å². The molecule has 8 heteroatoms. The minimum Gasteiger partial charge on any atom is -0.346 e. The van der Waals surface area contributed by atoms with Crippen LogP contribution in [0, 0.1) is 0 Å². The first-order valence-electron chi connectivity index (χ1n) is 8.86. The van der Waals surface area contributed by atoms with Crippen molar-refractivity contribution in [2.45, 2.75) is 11.4 Å². The summed E-state index contributed by atoms with van der Waals surface area (Å²) >= 11 is 12.5. The van der Waals surface area contributed by atoms with Crippen molar-refractivity contribution in [3.63, 3.8) is 0 Å². The Morgan fingerprint density at radius 2 is 1.72 bits per heavy atom. The SMILES string of the molecule is O=C1NC(=S)NC(=O)C1=Cc1cn(CCSc2ccc(Cl)cc2)c2ccccc12. The zero-order valence-corrected chi connectivity index (χ0v) is 17.5. The molecule has 0 radical (unpaired) electrons. The summed E-state index contributed by atoms with van der Waals surface area (Å²) in [7, 11) is 0. The molecular weight excluding hydrogens is 426 g/mol. The van der Waals surface area contributed by atoms with E-state index in [1.54, 1.807) is 17.8 Å². The lowest BCUT2D eigenvalue weighted by Crippen LogP contribution is -2.51. The van der Waals surface area contributed by atoms with Gasteiger partial charge >= 0.3 is 0 Å². The third-order valence-electron chi connectivity index (χ3n) is 4.48. The van der Waals surface area contributed by atoms with Gasteiger partial charge in [-0.3, -0.25) is 20.2 Å². The zero-order valence-electron chi connectivity index (χ0n) is 15.1. The Bertz CT molecular complexity index is 1130. The molecule has 0 unspecified atom stereocenters. The number of benzene rings is 2. The molecule has 29 heavy (non-hydrogen) atoms. The van der Waals surface area contributed by atoms with E-state index < -0.39 is 11.8 Å². The first kappa shape index (κ1) is 19.7. The summed E-state index contributed by atoms with van der Waals surface area (Å²) in [6.45, 7) is 0.777. The van der Waals surface area contributed by atoms with Gasteiger partial charge in [0.1, 0.15) is 5.57 Å². The van der Waals surface area contributed by atoms with Gasteiger partial charge in [0.15, 0.2) is 5.11 Å². The Hall–Kier alpha value is -2.61. The molecular formula is C21H16ClN3O2S2. The van der Waals surface area contributed by atoms with Gasteiger partial charge in [0.05, 0.1) is 0 Å². The summed E-state index contributed by atoms with van der Waals surface area (Å²) in [5.41, 5.74) is 1.89. The molecule has 0 aliphatic carbocycles. The number of halogens is 1. The zero-order chi connectivity index (χ0) is 20.4. The predicted octanol–water partition coefficient (Wildman–Crippen LogP) is 4.00.